The summed E-state index contributed by atoms with van der Waals surface area (Å²) in [5.41, 5.74) is 0.777. The van der Waals surface area contributed by atoms with Gasteiger partial charge in [0.2, 0.25) is 12.7 Å². The highest BCUT2D eigenvalue weighted by Gasteiger charge is 2.39. The van der Waals surface area contributed by atoms with E-state index < -0.39 is 12.1 Å². The van der Waals surface area contributed by atoms with Crippen molar-refractivity contribution < 1.29 is 28.6 Å². The van der Waals surface area contributed by atoms with Gasteiger partial charge < -0.3 is 29.3 Å². The lowest BCUT2D eigenvalue weighted by Gasteiger charge is -2.45. The number of piperidine rings is 2. The minimum absolute atomic E-state index is 0.0150. The molecule has 0 radical (unpaired) electrons. The van der Waals surface area contributed by atoms with Crippen molar-refractivity contribution in [3.8, 4) is 11.5 Å². The summed E-state index contributed by atoms with van der Waals surface area (Å²) < 4.78 is 16.0. The van der Waals surface area contributed by atoms with Gasteiger partial charge in [-0.25, -0.2) is 4.79 Å². The van der Waals surface area contributed by atoms with Crippen LogP contribution in [0.5, 0.6) is 11.5 Å². The van der Waals surface area contributed by atoms with Gasteiger partial charge in [0.15, 0.2) is 11.5 Å². The molecule has 10 nitrogen and oxygen atoms in total. The summed E-state index contributed by atoms with van der Waals surface area (Å²) in [4.78, 5) is 44.6. The molecule has 3 atom stereocenters. The maximum absolute atomic E-state index is 13.3. The van der Waals surface area contributed by atoms with E-state index in [0.29, 0.717) is 36.6 Å². The molecule has 4 aliphatic heterocycles. The number of amides is 4. The minimum Gasteiger partial charge on any atom is -0.454 e. The molecular weight excluding hydrogens is 476 g/mol. The highest BCUT2D eigenvalue weighted by molar-refractivity contribution is 6.04. The number of benzene rings is 1. The monoisotopic (exact) mass is 514 g/mol. The summed E-state index contributed by atoms with van der Waals surface area (Å²) in [6, 6.07) is 4.80. The number of nitrogens with one attached hydrogen (secondary N) is 1. The predicted octanol–water partition coefficient (Wildman–Crippen LogP) is 2.36. The third-order valence-corrected chi connectivity index (χ3v) is 8.13. The summed E-state index contributed by atoms with van der Waals surface area (Å²) in [7, 11) is 1.65. The minimum atomic E-state index is -0.696. The van der Waals surface area contributed by atoms with Crippen molar-refractivity contribution >= 4 is 17.8 Å². The molecule has 4 heterocycles. The Morgan fingerprint density at radius 1 is 1.14 bits per heavy atom. The molecule has 0 saturated carbocycles. The van der Waals surface area contributed by atoms with Crippen molar-refractivity contribution in [2.24, 2.45) is 5.92 Å². The van der Waals surface area contributed by atoms with E-state index in [9.17, 15) is 14.4 Å². The molecule has 0 aliphatic carbocycles. The Bertz CT molecular complexity index is 1000. The molecule has 0 aromatic heterocycles. The Morgan fingerprint density at radius 2 is 1.97 bits per heavy atom. The summed E-state index contributed by atoms with van der Waals surface area (Å²) >= 11 is 0. The topological polar surface area (TPSA) is 101 Å². The summed E-state index contributed by atoms with van der Waals surface area (Å²) in [6.07, 6.45) is 6.54. The average Bonchev–Trinajstić information content (AvgIpc) is 3.49. The number of carbonyl (C=O) groups excluding carboxylic acids is 3. The summed E-state index contributed by atoms with van der Waals surface area (Å²) in [6.45, 7) is 4.39. The first-order valence-electron chi connectivity index (χ1n) is 13.5. The van der Waals surface area contributed by atoms with Crippen LogP contribution in [0.2, 0.25) is 0 Å². The number of hydrogen-bond acceptors (Lipinski definition) is 7. The number of fused-ring (bicyclic) bond motifs is 2. The van der Waals surface area contributed by atoms with E-state index in [1.54, 1.807) is 19.2 Å². The van der Waals surface area contributed by atoms with E-state index >= 15 is 0 Å². The molecule has 0 unspecified atom stereocenters. The Balaban J connectivity index is 1.16. The average molecular weight is 515 g/mol. The van der Waals surface area contributed by atoms with Crippen molar-refractivity contribution in [3.05, 3.63) is 23.8 Å². The van der Waals surface area contributed by atoms with E-state index in [0.717, 1.165) is 18.5 Å². The van der Waals surface area contributed by atoms with Crippen LogP contribution in [0.4, 0.5) is 4.79 Å². The van der Waals surface area contributed by atoms with Gasteiger partial charge in [0, 0.05) is 32.7 Å². The Morgan fingerprint density at radius 3 is 2.84 bits per heavy atom. The molecule has 1 N–H and O–H groups in total. The van der Waals surface area contributed by atoms with Crippen molar-refractivity contribution in [1.29, 1.82) is 0 Å². The number of nitrogens with zero attached hydrogens (tertiary/aromatic N) is 3. The van der Waals surface area contributed by atoms with Gasteiger partial charge in [-0.1, -0.05) is 12.5 Å². The van der Waals surface area contributed by atoms with Gasteiger partial charge in [0.25, 0.3) is 5.91 Å². The molecule has 5 rings (SSSR count). The fourth-order valence-electron chi connectivity index (χ4n) is 6.16. The molecule has 37 heavy (non-hydrogen) atoms. The third-order valence-electron chi connectivity index (χ3n) is 8.13. The van der Waals surface area contributed by atoms with Crippen LogP contribution in [0.15, 0.2) is 18.2 Å². The molecule has 3 fully saturated rings. The van der Waals surface area contributed by atoms with Crippen LogP contribution in [0.25, 0.3) is 0 Å². The van der Waals surface area contributed by atoms with Crippen molar-refractivity contribution in [1.82, 2.24) is 20.0 Å². The van der Waals surface area contributed by atoms with Gasteiger partial charge >= 0.3 is 6.03 Å². The lowest BCUT2D eigenvalue weighted by molar-refractivity contribution is -0.134. The molecule has 202 valence electrons. The van der Waals surface area contributed by atoms with Gasteiger partial charge in [-0.2, -0.15) is 0 Å². The highest BCUT2D eigenvalue weighted by Crippen LogP contribution is 2.33. The van der Waals surface area contributed by atoms with Crippen molar-refractivity contribution in [2.45, 2.75) is 63.6 Å². The molecule has 3 saturated heterocycles. The zero-order valence-electron chi connectivity index (χ0n) is 21.7. The van der Waals surface area contributed by atoms with E-state index in [-0.39, 0.29) is 38.0 Å². The second-order valence-corrected chi connectivity index (χ2v) is 10.5. The number of carbonyl (C=O) groups is 3. The normalized spacial score (nSPS) is 25.2. The molecule has 10 heteroatoms. The van der Waals surface area contributed by atoms with Crippen LogP contribution < -0.4 is 14.8 Å². The summed E-state index contributed by atoms with van der Waals surface area (Å²) in [5, 5.41) is 2.76. The van der Waals surface area contributed by atoms with Crippen LogP contribution in [0.1, 0.15) is 50.5 Å². The van der Waals surface area contributed by atoms with Crippen LogP contribution in [-0.2, 0) is 20.9 Å². The Labute approximate surface area is 218 Å². The van der Waals surface area contributed by atoms with Gasteiger partial charge in [-0.15, -0.1) is 0 Å². The zero-order valence-corrected chi connectivity index (χ0v) is 21.7. The largest absolute Gasteiger partial charge is 0.454 e. The van der Waals surface area contributed by atoms with E-state index in [1.165, 1.54) is 43.7 Å². The summed E-state index contributed by atoms with van der Waals surface area (Å²) in [5.74, 6) is 1.45. The van der Waals surface area contributed by atoms with Crippen LogP contribution in [0, 0.1) is 5.92 Å². The fraction of sp³-hybridized carbons (Fsp3) is 0.667. The maximum Gasteiger partial charge on any atom is 0.325 e. The smallest absolute Gasteiger partial charge is 0.325 e. The first-order chi connectivity index (χ1) is 18.0. The fourth-order valence-corrected chi connectivity index (χ4v) is 6.16. The van der Waals surface area contributed by atoms with E-state index in [1.807, 2.05) is 11.0 Å². The molecule has 0 spiro atoms. The molecule has 1 aromatic carbocycles. The number of hydrogen-bond donors (Lipinski definition) is 1. The maximum atomic E-state index is 13.3. The van der Waals surface area contributed by atoms with Crippen LogP contribution in [0.3, 0.4) is 0 Å². The quantitative estimate of drug-likeness (QED) is 0.479. The number of rotatable bonds is 10. The van der Waals surface area contributed by atoms with Gasteiger partial charge in [-0.05, 0) is 68.8 Å². The molecule has 1 aromatic rings. The number of urea groups is 1. The Hall–Kier alpha value is -2.85. The second kappa shape index (κ2) is 11.7. The molecule has 4 amide bonds. The number of methoxy groups -OCH3 is 1. The van der Waals surface area contributed by atoms with Crippen molar-refractivity contribution in [3.63, 3.8) is 0 Å². The third kappa shape index (κ3) is 5.85. The Kier molecular flexibility index (Phi) is 8.14. The predicted molar refractivity (Wildman–Crippen MR) is 135 cm³/mol. The molecule has 0 bridgehead atoms. The van der Waals surface area contributed by atoms with Crippen molar-refractivity contribution in [2.75, 3.05) is 46.7 Å². The second-order valence-electron chi connectivity index (χ2n) is 10.5. The van der Waals surface area contributed by atoms with Gasteiger partial charge in [0.05, 0.1) is 13.2 Å². The standard InChI is InChI=1S/C27H38N4O6/c1-35-14-13-30(17-20-5-4-12-29-11-3-2-6-22(20)29)25(32)10-8-21-26(33)31(27(34)28-21)16-19-7-9-23-24(15-19)37-18-36-23/h7,9,15,20-22H,2-6,8,10-14,16-18H2,1H3,(H,28,34)/t20-,21-,22-/m0/s1. The van der Waals surface area contributed by atoms with Crippen LogP contribution >= 0.6 is 0 Å². The number of imide groups is 1. The van der Waals surface area contributed by atoms with E-state index in [2.05, 4.69) is 10.2 Å². The number of ether oxygens (including phenoxy) is 3. The first kappa shape index (κ1) is 25.8. The van der Waals surface area contributed by atoms with Gasteiger partial charge in [-0.3, -0.25) is 14.5 Å². The first-order valence-corrected chi connectivity index (χ1v) is 13.5. The van der Waals surface area contributed by atoms with Crippen LogP contribution in [-0.4, -0.2) is 91.3 Å². The molecule has 4 aliphatic rings. The van der Waals surface area contributed by atoms with Gasteiger partial charge in [0.1, 0.15) is 6.04 Å². The lowest BCUT2D eigenvalue weighted by Crippen LogP contribution is -2.52. The molecular formula is C27H38N4O6. The van der Waals surface area contributed by atoms with E-state index in [4.69, 9.17) is 14.2 Å². The zero-order chi connectivity index (χ0) is 25.8. The lowest BCUT2D eigenvalue weighted by atomic mass is 9.83. The SMILES string of the molecule is COCCN(C[C@@H]1CCCN2CCCC[C@@H]12)C(=O)CC[C@@H]1NC(=O)N(Cc2ccc3c(c2)OCO3)C1=O. The highest BCUT2D eigenvalue weighted by atomic mass is 16.7.